The van der Waals surface area contributed by atoms with E-state index in [2.05, 4.69) is 20.3 Å². The summed E-state index contributed by atoms with van der Waals surface area (Å²) in [5, 5.41) is 12.5. The standard InChI is InChI=1S/C18H14FN5OS/c19-14-8-4-5-9-15(14)24-12-20-22-18(24)26-11-17-21-16(23-25-17)10-13-6-2-1-3-7-13/h1-9,12H,10-11H2. The topological polar surface area (TPSA) is 69.6 Å². The van der Waals surface area contributed by atoms with Crippen LogP contribution in [0.15, 0.2) is 70.6 Å². The molecular weight excluding hydrogens is 353 g/mol. The molecule has 6 nitrogen and oxygen atoms in total. The summed E-state index contributed by atoms with van der Waals surface area (Å²) in [6.07, 6.45) is 2.09. The SMILES string of the molecule is Fc1ccccc1-n1cnnc1SCc1nc(Cc2ccccc2)no1. The summed E-state index contributed by atoms with van der Waals surface area (Å²) in [7, 11) is 0. The minimum absolute atomic E-state index is 0.336. The molecule has 0 fully saturated rings. The van der Waals surface area contributed by atoms with Crippen LogP contribution in [0, 0.1) is 5.82 Å². The highest BCUT2D eigenvalue weighted by molar-refractivity contribution is 7.98. The molecule has 0 bridgehead atoms. The first-order chi connectivity index (χ1) is 12.8. The van der Waals surface area contributed by atoms with E-state index in [1.165, 1.54) is 24.2 Å². The van der Waals surface area contributed by atoms with E-state index in [9.17, 15) is 4.39 Å². The molecule has 0 amide bonds. The number of halogens is 1. The van der Waals surface area contributed by atoms with Gasteiger partial charge in [-0.05, 0) is 17.7 Å². The van der Waals surface area contributed by atoms with Crippen molar-refractivity contribution >= 4 is 11.8 Å². The summed E-state index contributed by atoms with van der Waals surface area (Å²) in [6.45, 7) is 0. The van der Waals surface area contributed by atoms with Gasteiger partial charge in [0.2, 0.25) is 5.89 Å². The second-order valence-corrected chi connectivity index (χ2v) is 6.43. The van der Waals surface area contributed by atoms with E-state index in [0.29, 0.717) is 34.7 Å². The maximum atomic E-state index is 14.0. The first-order valence-corrected chi connectivity index (χ1v) is 8.91. The lowest BCUT2D eigenvalue weighted by atomic mass is 10.1. The number of thioether (sulfide) groups is 1. The Balaban J connectivity index is 1.44. The molecule has 0 radical (unpaired) electrons. The predicted molar refractivity (Wildman–Crippen MR) is 94.4 cm³/mol. The normalized spacial score (nSPS) is 11.0. The van der Waals surface area contributed by atoms with Gasteiger partial charge in [0.15, 0.2) is 11.0 Å². The number of nitrogens with zero attached hydrogens (tertiary/aromatic N) is 5. The van der Waals surface area contributed by atoms with Crippen LogP contribution >= 0.6 is 11.8 Å². The highest BCUT2D eigenvalue weighted by atomic mass is 32.2. The molecule has 0 aliphatic rings. The van der Waals surface area contributed by atoms with Crippen molar-refractivity contribution in [1.82, 2.24) is 24.9 Å². The van der Waals surface area contributed by atoms with Gasteiger partial charge in [0.05, 0.1) is 11.4 Å². The molecule has 8 heteroatoms. The quantitative estimate of drug-likeness (QED) is 0.484. The van der Waals surface area contributed by atoms with Crippen molar-refractivity contribution in [2.45, 2.75) is 17.3 Å². The lowest BCUT2D eigenvalue weighted by molar-refractivity contribution is 0.385. The van der Waals surface area contributed by atoms with Gasteiger partial charge in [0, 0.05) is 6.42 Å². The molecule has 0 aliphatic carbocycles. The summed E-state index contributed by atoms with van der Waals surface area (Å²) in [4.78, 5) is 4.39. The molecule has 0 spiro atoms. The minimum Gasteiger partial charge on any atom is -0.338 e. The molecule has 4 aromatic rings. The van der Waals surface area contributed by atoms with Gasteiger partial charge in [0.1, 0.15) is 12.1 Å². The Morgan fingerprint density at radius 2 is 1.85 bits per heavy atom. The third kappa shape index (κ3) is 3.65. The maximum absolute atomic E-state index is 14.0. The van der Waals surface area contributed by atoms with Gasteiger partial charge in [-0.15, -0.1) is 10.2 Å². The Bertz CT molecular complexity index is 1000. The molecule has 26 heavy (non-hydrogen) atoms. The molecule has 130 valence electrons. The van der Waals surface area contributed by atoms with Crippen LogP contribution in [-0.4, -0.2) is 24.9 Å². The van der Waals surface area contributed by atoms with Crippen LogP contribution in [0.4, 0.5) is 4.39 Å². The van der Waals surface area contributed by atoms with Crippen molar-refractivity contribution in [3.8, 4) is 5.69 Å². The van der Waals surface area contributed by atoms with Crippen LogP contribution in [0.3, 0.4) is 0 Å². The van der Waals surface area contributed by atoms with E-state index in [0.717, 1.165) is 5.56 Å². The Morgan fingerprint density at radius 3 is 2.69 bits per heavy atom. The number of rotatable bonds is 6. The molecule has 2 aromatic carbocycles. The van der Waals surface area contributed by atoms with Crippen LogP contribution in [0.2, 0.25) is 0 Å². The van der Waals surface area contributed by atoms with Gasteiger partial charge < -0.3 is 4.52 Å². The van der Waals surface area contributed by atoms with E-state index in [1.54, 1.807) is 22.8 Å². The van der Waals surface area contributed by atoms with Gasteiger partial charge >= 0.3 is 0 Å². The van der Waals surface area contributed by atoms with Crippen molar-refractivity contribution in [1.29, 1.82) is 0 Å². The molecule has 0 atom stereocenters. The van der Waals surface area contributed by atoms with Crippen molar-refractivity contribution in [3.05, 3.63) is 84.0 Å². The van der Waals surface area contributed by atoms with Crippen molar-refractivity contribution in [2.24, 2.45) is 0 Å². The van der Waals surface area contributed by atoms with Crippen LogP contribution in [0.1, 0.15) is 17.3 Å². The van der Waals surface area contributed by atoms with E-state index in [-0.39, 0.29) is 5.82 Å². The van der Waals surface area contributed by atoms with Crippen molar-refractivity contribution < 1.29 is 8.91 Å². The molecule has 0 N–H and O–H groups in total. The lowest BCUT2D eigenvalue weighted by Crippen LogP contribution is -1.98. The average molecular weight is 367 g/mol. The highest BCUT2D eigenvalue weighted by Gasteiger charge is 2.13. The first-order valence-electron chi connectivity index (χ1n) is 7.93. The molecule has 0 saturated heterocycles. The summed E-state index contributed by atoms with van der Waals surface area (Å²) >= 11 is 1.36. The third-order valence-corrected chi connectivity index (χ3v) is 4.60. The average Bonchev–Trinajstić information content (AvgIpc) is 3.30. The Morgan fingerprint density at radius 1 is 1.04 bits per heavy atom. The van der Waals surface area contributed by atoms with Crippen LogP contribution in [0.5, 0.6) is 0 Å². The number of para-hydroxylation sites is 1. The second-order valence-electron chi connectivity index (χ2n) is 5.49. The maximum Gasteiger partial charge on any atom is 0.237 e. The van der Waals surface area contributed by atoms with Gasteiger partial charge in [0.25, 0.3) is 0 Å². The van der Waals surface area contributed by atoms with Gasteiger partial charge in [-0.25, -0.2) is 4.39 Å². The number of aromatic nitrogens is 5. The summed E-state index contributed by atoms with van der Waals surface area (Å²) in [5.41, 5.74) is 1.52. The van der Waals surface area contributed by atoms with Crippen LogP contribution in [-0.2, 0) is 12.2 Å². The summed E-state index contributed by atoms with van der Waals surface area (Å²) < 4.78 is 20.9. The first kappa shape index (κ1) is 16.5. The molecule has 2 heterocycles. The molecule has 2 aromatic heterocycles. The minimum atomic E-state index is -0.336. The smallest absolute Gasteiger partial charge is 0.237 e. The van der Waals surface area contributed by atoms with E-state index in [1.807, 2.05) is 30.3 Å². The fourth-order valence-corrected chi connectivity index (χ4v) is 3.22. The van der Waals surface area contributed by atoms with E-state index >= 15 is 0 Å². The Hall–Kier alpha value is -3.00. The van der Waals surface area contributed by atoms with Crippen molar-refractivity contribution in [2.75, 3.05) is 0 Å². The van der Waals surface area contributed by atoms with Gasteiger partial charge in [-0.1, -0.05) is 59.4 Å². The van der Waals surface area contributed by atoms with E-state index in [4.69, 9.17) is 4.52 Å². The van der Waals surface area contributed by atoms with Gasteiger partial charge in [-0.3, -0.25) is 4.57 Å². The third-order valence-electron chi connectivity index (χ3n) is 3.67. The largest absolute Gasteiger partial charge is 0.338 e. The van der Waals surface area contributed by atoms with Crippen LogP contribution in [0.25, 0.3) is 5.69 Å². The molecule has 0 aliphatic heterocycles. The fraction of sp³-hybridized carbons (Fsp3) is 0.111. The molecular formula is C18H14FN5OS. The fourth-order valence-electron chi connectivity index (χ4n) is 2.46. The second kappa shape index (κ2) is 7.49. The van der Waals surface area contributed by atoms with Crippen molar-refractivity contribution in [3.63, 3.8) is 0 Å². The zero-order valence-electron chi connectivity index (χ0n) is 13.6. The lowest BCUT2D eigenvalue weighted by Gasteiger charge is -2.05. The zero-order chi connectivity index (χ0) is 17.8. The Labute approximate surface area is 153 Å². The molecule has 4 rings (SSSR count). The summed E-state index contributed by atoms with van der Waals surface area (Å²) in [5.74, 6) is 1.21. The molecule has 0 saturated carbocycles. The highest BCUT2D eigenvalue weighted by Crippen LogP contribution is 2.24. The number of hydrogen-bond donors (Lipinski definition) is 0. The summed E-state index contributed by atoms with van der Waals surface area (Å²) in [6, 6.07) is 16.4. The van der Waals surface area contributed by atoms with Gasteiger partial charge in [-0.2, -0.15) is 4.98 Å². The zero-order valence-corrected chi connectivity index (χ0v) is 14.4. The monoisotopic (exact) mass is 367 g/mol. The Kier molecular flexibility index (Phi) is 4.74. The predicted octanol–water partition coefficient (Wildman–Crippen LogP) is 3.67. The van der Waals surface area contributed by atoms with E-state index < -0.39 is 0 Å². The number of hydrogen-bond acceptors (Lipinski definition) is 6. The molecule has 0 unspecified atom stereocenters. The van der Waals surface area contributed by atoms with Crippen LogP contribution < -0.4 is 0 Å². The number of benzene rings is 2.